The molecule has 1 aromatic heterocycles. The molecule has 0 radical (unpaired) electrons. The number of aromatic nitrogens is 1. The minimum atomic E-state index is -0.273. The highest BCUT2D eigenvalue weighted by Crippen LogP contribution is 2.29. The number of anilines is 2. The standard InChI is InChI=1S/C15H15N3O2/c16-12-3-4-13-10(8-12)2-1-7-18(13)15(20)11-5-6-17-14(19)9-11/h3-6,8-9H,1-2,7,16H2,(H,17,19). The Kier molecular flexibility index (Phi) is 3.02. The summed E-state index contributed by atoms with van der Waals surface area (Å²) in [5.74, 6) is -0.151. The van der Waals surface area contributed by atoms with Gasteiger partial charge in [-0.3, -0.25) is 9.59 Å². The van der Waals surface area contributed by atoms with Crippen molar-refractivity contribution < 1.29 is 4.79 Å². The number of aryl methyl sites for hydroxylation is 1. The zero-order valence-corrected chi connectivity index (χ0v) is 10.9. The predicted molar refractivity (Wildman–Crippen MR) is 77.9 cm³/mol. The van der Waals surface area contributed by atoms with Crippen LogP contribution in [-0.4, -0.2) is 17.4 Å². The van der Waals surface area contributed by atoms with Crippen molar-refractivity contribution in [2.75, 3.05) is 17.2 Å². The van der Waals surface area contributed by atoms with E-state index < -0.39 is 0 Å². The van der Waals surface area contributed by atoms with Crippen LogP contribution in [0.1, 0.15) is 22.3 Å². The molecule has 1 amide bonds. The predicted octanol–water partition coefficient (Wildman–Crippen LogP) is 1.55. The minimum Gasteiger partial charge on any atom is -0.399 e. The third kappa shape index (κ3) is 2.18. The van der Waals surface area contributed by atoms with Crippen molar-refractivity contribution in [1.29, 1.82) is 0 Å². The molecule has 0 unspecified atom stereocenters. The lowest BCUT2D eigenvalue weighted by Crippen LogP contribution is -2.36. The third-order valence-corrected chi connectivity index (χ3v) is 3.49. The Bertz CT molecular complexity index is 721. The summed E-state index contributed by atoms with van der Waals surface area (Å²) in [4.78, 5) is 28.1. The first-order chi connectivity index (χ1) is 9.65. The van der Waals surface area contributed by atoms with Crippen molar-refractivity contribution in [3.05, 3.63) is 58.0 Å². The largest absolute Gasteiger partial charge is 0.399 e. The maximum atomic E-state index is 12.5. The van der Waals surface area contributed by atoms with E-state index in [9.17, 15) is 9.59 Å². The van der Waals surface area contributed by atoms with Crippen molar-refractivity contribution in [3.8, 4) is 0 Å². The van der Waals surface area contributed by atoms with E-state index in [4.69, 9.17) is 5.73 Å². The topological polar surface area (TPSA) is 79.2 Å². The van der Waals surface area contributed by atoms with E-state index in [-0.39, 0.29) is 11.5 Å². The molecule has 0 saturated carbocycles. The molecule has 3 N–H and O–H groups in total. The van der Waals surface area contributed by atoms with E-state index in [1.165, 1.54) is 12.3 Å². The highest BCUT2D eigenvalue weighted by molar-refractivity contribution is 6.06. The van der Waals surface area contributed by atoms with Gasteiger partial charge in [-0.15, -0.1) is 0 Å². The van der Waals surface area contributed by atoms with Crippen LogP contribution in [0.25, 0.3) is 0 Å². The Balaban J connectivity index is 2.00. The van der Waals surface area contributed by atoms with Gasteiger partial charge in [0.2, 0.25) is 5.56 Å². The van der Waals surface area contributed by atoms with Gasteiger partial charge in [0.15, 0.2) is 0 Å². The van der Waals surface area contributed by atoms with Crippen molar-refractivity contribution in [2.24, 2.45) is 0 Å². The number of rotatable bonds is 1. The van der Waals surface area contributed by atoms with Crippen LogP contribution in [0.3, 0.4) is 0 Å². The highest BCUT2D eigenvalue weighted by atomic mass is 16.2. The van der Waals surface area contributed by atoms with Gasteiger partial charge >= 0.3 is 0 Å². The molecule has 102 valence electrons. The Morgan fingerprint density at radius 2 is 2.10 bits per heavy atom. The number of carbonyl (C=O) groups excluding carboxylic acids is 1. The first kappa shape index (κ1) is 12.5. The van der Waals surface area contributed by atoms with Crippen LogP contribution in [0.2, 0.25) is 0 Å². The summed E-state index contributed by atoms with van der Waals surface area (Å²) in [6.45, 7) is 0.655. The summed E-state index contributed by atoms with van der Waals surface area (Å²) in [6, 6.07) is 8.52. The van der Waals surface area contributed by atoms with Gasteiger partial charge in [-0.1, -0.05) is 0 Å². The van der Waals surface area contributed by atoms with E-state index >= 15 is 0 Å². The molecule has 2 heterocycles. The van der Waals surface area contributed by atoms with Gasteiger partial charge in [-0.05, 0) is 42.7 Å². The number of carbonyl (C=O) groups is 1. The molecule has 1 aliphatic rings. The smallest absolute Gasteiger partial charge is 0.258 e. The molecule has 20 heavy (non-hydrogen) atoms. The monoisotopic (exact) mass is 269 g/mol. The molecule has 1 aromatic carbocycles. The van der Waals surface area contributed by atoms with Gasteiger partial charge in [-0.25, -0.2) is 0 Å². The molecule has 0 bridgehead atoms. The molecule has 5 nitrogen and oxygen atoms in total. The number of H-pyrrole nitrogens is 1. The van der Waals surface area contributed by atoms with Crippen LogP contribution in [0.5, 0.6) is 0 Å². The summed E-state index contributed by atoms with van der Waals surface area (Å²) in [6.07, 6.45) is 3.30. The molecular weight excluding hydrogens is 254 g/mol. The first-order valence-corrected chi connectivity index (χ1v) is 6.54. The average Bonchev–Trinajstić information content (AvgIpc) is 2.45. The molecule has 0 atom stereocenters. The van der Waals surface area contributed by atoms with Crippen LogP contribution in [0.15, 0.2) is 41.3 Å². The Morgan fingerprint density at radius 1 is 1.25 bits per heavy atom. The van der Waals surface area contributed by atoms with Crippen LogP contribution < -0.4 is 16.2 Å². The molecule has 3 rings (SSSR count). The zero-order chi connectivity index (χ0) is 14.1. The van der Waals surface area contributed by atoms with Crippen molar-refractivity contribution in [3.63, 3.8) is 0 Å². The number of fused-ring (bicyclic) bond motifs is 1. The second-order valence-electron chi connectivity index (χ2n) is 4.89. The molecule has 2 aromatic rings. The van der Waals surface area contributed by atoms with E-state index in [1.54, 1.807) is 17.0 Å². The highest BCUT2D eigenvalue weighted by Gasteiger charge is 2.23. The number of hydrogen-bond donors (Lipinski definition) is 2. The number of nitrogens with one attached hydrogen (secondary N) is 1. The molecule has 5 heteroatoms. The fourth-order valence-corrected chi connectivity index (χ4v) is 2.56. The van der Waals surface area contributed by atoms with Crippen molar-refractivity contribution in [2.45, 2.75) is 12.8 Å². The first-order valence-electron chi connectivity index (χ1n) is 6.54. The number of hydrogen-bond acceptors (Lipinski definition) is 3. The average molecular weight is 269 g/mol. The van der Waals surface area contributed by atoms with E-state index in [0.717, 1.165) is 24.1 Å². The fourth-order valence-electron chi connectivity index (χ4n) is 2.56. The number of nitrogens with zero attached hydrogens (tertiary/aromatic N) is 1. The van der Waals surface area contributed by atoms with Gasteiger partial charge in [0.25, 0.3) is 5.91 Å². The number of amides is 1. The van der Waals surface area contributed by atoms with Crippen LogP contribution in [0.4, 0.5) is 11.4 Å². The lowest BCUT2D eigenvalue weighted by Gasteiger charge is -2.29. The van der Waals surface area contributed by atoms with Gasteiger partial charge in [-0.2, -0.15) is 0 Å². The summed E-state index contributed by atoms with van der Waals surface area (Å²) in [5.41, 5.74) is 8.58. The quantitative estimate of drug-likeness (QED) is 0.771. The van der Waals surface area contributed by atoms with Crippen LogP contribution in [-0.2, 0) is 6.42 Å². The molecule has 0 saturated heterocycles. The van der Waals surface area contributed by atoms with Gasteiger partial charge in [0, 0.05) is 35.7 Å². The summed E-state index contributed by atoms with van der Waals surface area (Å²) >= 11 is 0. The van der Waals surface area contributed by atoms with E-state index in [0.29, 0.717) is 17.8 Å². The molecule has 0 fully saturated rings. The number of pyridine rings is 1. The Labute approximate surface area is 116 Å². The zero-order valence-electron chi connectivity index (χ0n) is 10.9. The second-order valence-corrected chi connectivity index (χ2v) is 4.89. The second kappa shape index (κ2) is 4.85. The summed E-state index contributed by atoms with van der Waals surface area (Å²) < 4.78 is 0. The van der Waals surface area contributed by atoms with Gasteiger partial charge in [0.05, 0.1) is 0 Å². The molecule has 0 spiro atoms. The summed E-state index contributed by atoms with van der Waals surface area (Å²) in [5, 5.41) is 0. The SMILES string of the molecule is Nc1ccc2c(c1)CCCN2C(=O)c1cc[nH]c(=O)c1. The lowest BCUT2D eigenvalue weighted by molar-refractivity contribution is 0.0985. The minimum absolute atomic E-state index is 0.151. The molecule has 0 aliphatic carbocycles. The number of aromatic amines is 1. The van der Waals surface area contributed by atoms with Crippen LogP contribution >= 0.6 is 0 Å². The Morgan fingerprint density at radius 3 is 2.90 bits per heavy atom. The fraction of sp³-hybridized carbons (Fsp3) is 0.200. The molecule has 1 aliphatic heterocycles. The Hall–Kier alpha value is -2.56. The third-order valence-electron chi connectivity index (χ3n) is 3.49. The van der Waals surface area contributed by atoms with Crippen molar-refractivity contribution >= 4 is 17.3 Å². The number of nitrogen functional groups attached to an aromatic ring is 1. The van der Waals surface area contributed by atoms with Gasteiger partial charge in [0.1, 0.15) is 0 Å². The van der Waals surface area contributed by atoms with Gasteiger partial charge < -0.3 is 15.6 Å². The molecular formula is C15H15N3O2. The van der Waals surface area contributed by atoms with Crippen molar-refractivity contribution in [1.82, 2.24) is 4.98 Å². The van der Waals surface area contributed by atoms with E-state index in [2.05, 4.69) is 4.98 Å². The van der Waals surface area contributed by atoms with E-state index in [1.807, 2.05) is 12.1 Å². The normalized spacial score (nSPS) is 13.9. The summed E-state index contributed by atoms with van der Waals surface area (Å²) in [7, 11) is 0. The lowest BCUT2D eigenvalue weighted by atomic mass is 10.0. The van der Waals surface area contributed by atoms with Crippen LogP contribution in [0, 0.1) is 0 Å². The maximum absolute atomic E-state index is 12.5. The number of nitrogens with two attached hydrogens (primary N) is 1. The number of benzene rings is 1. The maximum Gasteiger partial charge on any atom is 0.258 e.